The second-order valence-corrected chi connectivity index (χ2v) is 9.38. The topological polar surface area (TPSA) is 59.5 Å². The number of nitrogens with one attached hydrogen (secondary N) is 1. The van der Waals surface area contributed by atoms with Crippen molar-refractivity contribution in [1.82, 2.24) is 14.9 Å². The Kier molecular flexibility index (Phi) is 7.40. The number of benzene rings is 2. The molecule has 1 saturated heterocycles. The van der Waals surface area contributed by atoms with Gasteiger partial charge in [0.1, 0.15) is 17.7 Å². The number of aryl methyl sites for hydroxylation is 1. The van der Waals surface area contributed by atoms with E-state index in [1.54, 1.807) is 20.1 Å². The first kappa shape index (κ1) is 25.1. The van der Waals surface area contributed by atoms with Crippen LogP contribution in [0.1, 0.15) is 61.7 Å². The number of hydrogen-bond acceptors (Lipinski definition) is 6. The lowest BCUT2D eigenvalue weighted by Gasteiger charge is -2.27. The third-order valence-corrected chi connectivity index (χ3v) is 7.00. The number of alkyl halides is 2. The molecule has 0 saturated carbocycles. The van der Waals surface area contributed by atoms with Gasteiger partial charge in [-0.2, -0.15) is 0 Å². The summed E-state index contributed by atoms with van der Waals surface area (Å²) in [7, 11) is 3.74. The Hall–Kier alpha value is -3.00. The van der Waals surface area contributed by atoms with Crippen LogP contribution in [-0.2, 0) is 0 Å². The Morgan fingerprint density at radius 2 is 1.83 bits per heavy atom. The van der Waals surface area contributed by atoms with E-state index < -0.39 is 6.43 Å². The maximum atomic E-state index is 13.4. The molecular formula is C27H34F2N4O2. The lowest BCUT2D eigenvalue weighted by Crippen LogP contribution is -2.38. The highest BCUT2D eigenvalue weighted by molar-refractivity contribution is 5.92. The van der Waals surface area contributed by atoms with E-state index in [0.717, 1.165) is 35.9 Å². The summed E-state index contributed by atoms with van der Waals surface area (Å²) in [6, 6.07) is 8.88. The zero-order valence-electron chi connectivity index (χ0n) is 21.2. The Labute approximate surface area is 205 Å². The number of fused-ring (bicyclic) bond motifs is 1. The zero-order valence-corrected chi connectivity index (χ0v) is 21.2. The smallest absolute Gasteiger partial charge is 0.264 e. The van der Waals surface area contributed by atoms with Crippen molar-refractivity contribution in [2.45, 2.75) is 65.1 Å². The van der Waals surface area contributed by atoms with Gasteiger partial charge in [0, 0.05) is 23.1 Å². The maximum absolute atomic E-state index is 13.4. The van der Waals surface area contributed by atoms with Crippen molar-refractivity contribution in [2.24, 2.45) is 0 Å². The molecule has 0 amide bonds. The molecule has 35 heavy (non-hydrogen) atoms. The first-order chi connectivity index (χ1) is 16.7. The van der Waals surface area contributed by atoms with Crippen molar-refractivity contribution in [3.05, 3.63) is 52.8 Å². The van der Waals surface area contributed by atoms with Crippen LogP contribution >= 0.6 is 0 Å². The summed E-state index contributed by atoms with van der Waals surface area (Å²) in [5, 5.41) is 4.21. The number of aromatic nitrogens is 2. The van der Waals surface area contributed by atoms with Crippen molar-refractivity contribution in [3.63, 3.8) is 0 Å². The molecule has 1 aliphatic rings. The van der Waals surface area contributed by atoms with Gasteiger partial charge in [-0.05, 0) is 71.3 Å². The van der Waals surface area contributed by atoms with E-state index in [1.165, 1.54) is 6.07 Å². The molecule has 1 fully saturated rings. The van der Waals surface area contributed by atoms with Crippen molar-refractivity contribution in [2.75, 3.05) is 26.0 Å². The lowest BCUT2D eigenvalue weighted by molar-refractivity contribution is 0.118. The van der Waals surface area contributed by atoms with Crippen molar-refractivity contribution >= 4 is 16.7 Å². The zero-order chi connectivity index (χ0) is 25.3. The molecule has 188 valence electrons. The summed E-state index contributed by atoms with van der Waals surface area (Å²) in [4.78, 5) is 11.6. The third kappa shape index (κ3) is 5.17. The van der Waals surface area contributed by atoms with Gasteiger partial charge in [0.25, 0.3) is 6.43 Å². The quantitative estimate of drug-likeness (QED) is 0.409. The number of nitrogens with zero attached hydrogens (tertiary/aromatic N) is 3. The number of likely N-dealkylation sites (N-methyl/N-ethyl adjacent to an activating group) is 1. The summed E-state index contributed by atoms with van der Waals surface area (Å²) < 4.78 is 38.9. The van der Waals surface area contributed by atoms with Gasteiger partial charge in [0.2, 0.25) is 0 Å². The maximum Gasteiger partial charge on any atom is 0.264 e. The number of rotatable bonds is 8. The summed E-state index contributed by atoms with van der Waals surface area (Å²) in [6.45, 7) is 8.66. The van der Waals surface area contributed by atoms with E-state index >= 15 is 0 Å². The molecule has 1 aromatic heterocycles. The Morgan fingerprint density at radius 1 is 1.09 bits per heavy atom. The first-order valence-corrected chi connectivity index (χ1v) is 12.1. The van der Waals surface area contributed by atoms with Crippen LogP contribution in [0.4, 0.5) is 14.6 Å². The van der Waals surface area contributed by atoms with E-state index in [-0.39, 0.29) is 17.7 Å². The van der Waals surface area contributed by atoms with E-state index in [9.17, 15) is 8.78 Å². The van der Waals surface area contributed by atoms with Crippen LogP contribution in [0.5, 0.6) is 11.5 Å². The minimum atomic E-state index is -2.52. The van der Waals surface area contributed by atoms with Gasteiger partial charge < -0.3 is 14.8 Å². The molecule has 3 aromatic rings. The number of hydrogen-bond donors (Lipinski definition) is 1. The lowest BCUT2D eigenvalue weighted by atomic mass is 9.97. The third-order valence-electron chi connectivity index (χ3n) is 7.00. The van der Waals surface area contributed by atoms with E-state index in [4.69, 9.17) is 9.47 Å². The van der Waals surface area contributed by atoms with Crippen molar-refractivity contribution in [1.29, 1.82) is 0 Å². The highest BCUT2D eigenvalue weighted by Crippen LogP contribution is 2.37. The predicted octanol–water partition coefficient (Wildman–Crippen LogP) is 6.23. The normalized spacial score (nSPS) is 18.1. The van der Waals surface area contributed by atoms with Crippen LogP contribution in [0.15, 0.2) is 30.3 Å². The van der Waals surface area contributed by atoms with Crippen LogP contribution in [0, 0.1) is 13.8 Å². The van der Waals surface area contributed by atoms with Crippen LogP contribution in [0.3, 0.4) is 0 Å². The molecule has 0 bridgehead atoms. The van der Waals surface area contributed by atoms with Crippen molar-refractivity contribution in [3.8, 4) is 11.5 Å². The molecule has 3 atom stereocenters. The van der Waals surface area contributed by atoms with E-state index in [2.05, 4.69) is 34.2 Å². The molecule has 4 rings (SSSR count). The molecule has 0 unspecified atom stereocenters. The second-order valence-electron chi connectivity index (χ2n) is 9.38. The highest BCUT2D eigenvalue weighted by Gasteiger charge is 2.28. The fourth-order valence-electron chi connectivity index (χ4n) is 5.08. The van der Waals surface area contributed by atoms with Gasteiger partial charge in [0.05, 0.1) is 18.7 Å². The van der Waals surface area contributed by atoms with Gasteiger partial charge in [0.15, 0.2) is 11.5 Å². The minimum Gasteiger partial charge on any atom is -0.493 e. The number of ether oxygens (including phenoxy) is 2. The monoisotopic (exact) mass is 484 g/mol. The van der Waals surface area contributed by atoms with Gasteiger partial charge in [-0.25, -0.2) is 18.7 Å². The molecular weight excluding hydrogens is 450 g/mol. The predicted molar refractivity (Wildman–Crippen MR) is 135 cm³/mol. The van der Waals surface area contributed by atoms with Gasteiger partial charge >= 0.3 is 0 Å². The summed E-state index contributed by atoms with van der Waals surface area (Å²) in [5.41, 5.74) is 2.15. The Morgan fingerprint density at radius 3 is 2.49 bits per heavy atom. The van der Waals surface area contributed by atoms with Gasteiger partial charge in [-0.15, -0.1) is 0 Å². The molecule has 6 nitrogen and oxygen atoms in total. The summed E-state index contributed by atoms with van der Waals surface area (Å²) >= 11 is 0. The SMILES string of the molecule is COc1cc2nc(C)nc(N[C@H](C)c3cccc(C(F)F)c3C)c2cc1O[C@H](C)[C@@H]1CCCN1C. The molecule has 0 spiro atoms. The second kappa shape index (κ2) is 10.3. The van der Waals surface area contributed by atoms with Crippen LogP contribution < -0.4 is 14.8 Å². The average Bonchev–Trinajstić information content (AvgIpc) is 3.24. The Balaban J connectivity index is 1.70. The molecule has 1 N–H and O–H groups in total. The fraction of sp³-hybridized carbons (Fsp3) is 0.481. The average molecular weight is 485 g/mol. The highest BCUT2D eigenvalue weighted by atomic mass is 19.3. The number of likely N-dealkylation sites (tertiary alicyclic amines) is 1. The Bertz CT molecular complexity index is 1200. The molecule has 0 radical (unpaired) electrons. The largest absolute Gasteiger partial charge is 0.493 e. The van der Waals surface area contributed by atoms with Gasteiger partial charge in [-0.1, -0.05) is 18.2 Å². The fourth-order valence-corrected chi connectivity index (χ4v) is 5.08. The summed E-state index contributed by atoms with van der Waals surface area (Å²) in [6.07, 6.45) is -0.278. The number of methoxy groups -OCH3 is 1. The van der Waals surface area contributed by atoms with E-state index in [1.807, 2.05) is 32.0 Å². The summed E-state index contributed by atoms with van der Waals surface area (Å²) in [5.74, 6) is 2.47. The van der Waals surface area contributed by atoms with Gasteiger partial charge in [-0.3, -0.25) is 4.90 Å². The van der Waals surface area contributed by atoms with E-state index in [0.29, 0.717) is 34.7 Å². The molecule has 2 aromatic carbocycles. The molecule has 2 heterocycles. The van der Waals surface area contributed by atoms with Crippen molar-refractivity contribution < 1.29 is 18.3 Å². The minimum absolute atomic E-state index is 0.0183. The molecule has 0 aliphatic carbocycles. The van der Waals surface area contributed by atoms with Crippen LogP contribution in [0.25, 0.3) is 10.9 Å². The molecule has 8 heteroatoms. The van der Waals surface area contributed by atoms with Crippen LogP contribution in [0.2, 0.25) is 0 Å². The number of halogens is 2. The standard InChI is InChI=1S/C27H34F2N4O2/c1-15-19(9-7-10-20(15)26(28)29)16(2)30-27-21-13-25(35-17(3)23-11-8-12-33(23)5)24(34-6)14-22(21)31-18(4)32-27/h7,9-10,13-14,16-17,23,26H,8,11-12H2,1-6H3,(H,30,31,32)/t16-,17-,23+/m1/s1. The first-order valence-electron chi connectivity index (χ1n) is 12.1. The van der Waals surface area contributed by atoms with Crippen LogP contribution in [-0.4, -0.2) is 47.7 Å². The number of anilines is 1. The molecule has 1 aliphatic heterocycles.